The van der Waals surface area contributed by atoms with Crippen molar-refractivity contribution in [3.8, 4) is 0 Å². The topological polar surface area (TPSA) is 60.9 Å². The molecular formula is C11H18N2O3. The Balaban J connectivity index is 1.77. The van der Waals surface area contributed by atoms with Crippen molar-refractivity contribution >= 4 is 11.9 Å². The number of aliphatic carboxylic acids is 1. The molecule has 0 radical (unpaired) electrons. The number of amides is 1. The lowest BCUT2D eigenvalue weighted by Crippen LogP contribution is -2.47. The molecule has 1 saturated carbocycles. The molecule has 1 heterocycles. The van der Waals surface area contributed by atoms with E-state index in [9.17, 15) is 9.59 Å². The van der Waals surface area contributed by atoms with E-state index in [1.807, 2.05) is 9.80 Å². The molecule has 1 aliphatic carbocycles. The molecule has 1 N–H and O–H groups in total. The third-order valence-corrected chi connectivity index (χ3v) is 3.22. The summed E-state index contributed by atoms with van der Waals surface area (Å²) in [7, 11) is 0. The smallest absolute Gasteiger partial charge is 0.304 e. The normalized spacial score (nSPS) is 19.7. The Morgan fingerprint density at radius 2 is 2.00 bits per heavy atom. The van der Waals surface area contributed by atoms with Crippen molar-refractivity contribution in [2.45, 2.75) is 31.7 Å². The minimum absolute atomic E-state index is 0.129. The molecule has 1 saturated heterocycles. The summed E-state index contributed by atoms with van der Waals surface area (Å²) in [6.45, 7) is 2.64. The monoisotopic (exact) mass is 226 g/mol. The van der Waals surface area contributed by atoms with E-state index in [-0.39, 0.29) is 12.3 Å². The van der Waals surface area contributed by atoms with Crippen LogP contribution in [0.2, 0.25) is 0 Å². The quantitative estimate of drug-likeness (QED) is 0.700. The predicted molar refractivity (Wildman–Crippen MR) is 58.0 cm³/mol. The molecule has 0 bridgehead atoms. The molecule has 5 nitrogen and oxygen atoms in total. The SMILES string of the molecule is O=C(O)CCN(CC(=O)N1CCC1)C1CC1. The zero-order valence-corrected chi connectivity index (χ0v) is 9.39. The Bertz CT molecular complexity index is 285. The molecule has 16 heavy (non-hydrogen) atoms. The van der Waals surface area contributed by atoms with Crippen LogP contribution in [-0.4, -0.2) is 59.0 Å². The van der Waals surface area contributed by atoms with Gasteiger partial charge >= 0.3 is 5.97 Å². The number of hydrogen-bond donors (Lipinski definition) is 1. The second-order valence-electron chi connectivity index (χ2n) is 4.58. The van der Waals surface area contributed by atoms with Crippen LogP contribution in [0.4, 0.5) is 0 Å². The van der Waals surface area contributed by atoms with Crippen LogP contribution in [0, 0.1) is 0 Å². The van der Waals surface area contributed by atoms with Gasteiger partial charge in [0.1, 0.15) is 0 Å². The van der Waals surface area contributed by atoms with Gasteiger partial charge in [0.05, 0.1) is 13.0 Å². The Morgan fingerprint density at radius 1 is 1.31 bits per heavy atom. The highest BCUT2D eigenvalue weighted by Crippen LogP contribution is 2.27. The van der Waals surface area contributed by atoms with E-state index in [0.717, 1.165) is 32.4 Å². The molecule has 1 amide bonds. The molecule has 0 aromatic carbocycles. The molecule has 90 valence electrons. The van der Waals surface area contributed by atoms with Crippen LogP contribution in [-0.2, 0) is 9.59 Å². The van der Waals surface area contributed by atoms with Gasteiger partial charge in [-0.3, -0.25) is 14.5 Å². The maximum absolute atomic E-state index is 11.7. The number of rotatable bonds is 6. The van der Waals surface area contributed by atoms with Crippen molar-refractivity contribution in [2.24, 2.45) is 0 Å². The molecule has 0 atom stereocenters. The number of carboxylic acids is 1. The Labute approximate surface area is 95.0 Å². The molecule has 2 fully saturated rings. The van der Waals surface area contributed by atoms with Gasteiger partial charge in [-0.2, -0.15) is 0 Å². The van der Waals surface area contributed by atoms with Gasteiger partial charge in [0.2, 0.25) is 5.91 Å². The molecule has 1 aliphatic heterocycles. The van der Waals surface area contributed by atoms with E-state index in [1.165, 1.54) is 0 Å². The number of carboxylic acid groups (broad SMARTS) is 1. The maximum atomic E-state index is 11.7. The van der Waals surface area contributed by atoms with Gasteiger partial charge in [0.15, 0.2) is 0 Å². The third-order valence-electron chi connectivity index (χ3n) is 3.22. The minimum Gasteiger partial charge on any atom is -0.481 e. The van der Waals surface area contributed by atoms with Gasteiger partial charge < -0.3 is 10.0 Å². The van der Waals surface area contributed by atoms with Gasteiger partial charge in [-0.05, 0) is 19.3 Å². The number of carbonyl (C=O) groups excluding carboxylic acids is 1. The van der Waals surface area contributed by atoms with E-state index in [0.29, 0.717) is 19.1 Å². The van der Waals surface area contributed by atoms with Gasteiger partial charge in [-0.15, -0.1) is 0 Å². The van der Waals surface area contributed by atoms with Crippen LogP contribution in [0.1, 0.15) is 25.7 Å². The highest BCUT2D eigenvalue weighted by molar-refractivity contribution is 5.79. The zero-order valence-electron chi connectivity index (χ0n) is 9.39. The van der Waals surface area contributed by atoms with Crippen LogP contribution in [0.25, 0.3) is 0 Å². The van der Waals surface area contributed by atoms with E-state index in [4.69, 9.17) is 5.11 Å². The average Bonchev–Trinajstić information content (AvgIpc) is 2.91. The second-order valence-corrected chi connectivity index (χ2v) is 4.58. The Morgan fingerprint density at radius 3 is 2.44 bits per heavy atom. The molecule has 2 aliphatic rings. The summed E-state index contributed by atoms with van der Waals surface area (Å²) in [6, 6.07) is 0.449. The highest BCUT2D eigenvalue weighted by Gasteiger charge is 2.32. The molecule has 0 spiro atoms. The number of likely N-dealkylation sites (tertiary alicyclic amines) is 1. The molecular weight excluding hydrogens is 208 g/mol. The summed E-state index contributed by atoms with van der Waals surface area (Å²) in [4.78, 5) is 26.1. The predicted octanol–water partition coefficient (Wildman–Crippen LogP) is 0.158. The first-order valence-corrected chi connectivity index (χ1v) is 5.90. The second kappa shape index (κ2) is 4.82. The lowest BCUT2D eigenvalue weighted by molar-refractivity contribution is -0.139. The first-order chi connectivity index (χ1) is 7.66. The first-order valence-electron chi connectivity index (χ1n) is 5.90. The fourth-order valence-corrected chi connectivity index (χ4v) is 1.91. The van der Waals surface area contributed by atoms with E-state index in [1.54, 1.807) is 0 Å². The van der Waals surface area contributed by atoms with Crippen molar-refractivity contribution in [2.75, 3.05) is 26.2 Å². The summed E-state index contributed by atoms with van der Waals surface area (Å²) in [6.07, 6.45) is 3.44. The minimum atomic E-state index is -0.790. The van der Waals surface area contributed by atoms with E-state index >= 15 is 0 Å². The molecule has 0 aromatic rings. The third kappa shape index (κ3) is 2.95. The van der Waals surface area contributed by atoms with Crippen LogP contribution in [0.5, 0.6) is 0 Å². The van der Waals surface area contributed by atoms with Crippen molar-refractivity contribution in [3.05, 3.63) is 0 Å². The highest BCUT2D eigenvalue weighted by atomic mass is 16.4. The molecule has 2 rings (SSSR count). The van der Waals surface area contributed by atoms with Gasteiger partial charge in [-0.1, -0.05) is 0 Å². The Hall–Kier alpha value is -1.10. The summed E-state index contributed by atoms with van der Waals surface area (Å²) >= 11 is 0. The summed E-state index contributed by atoms with van der Waals surface area (Å²) in [5.41, 5.74) is 0. The summed E-state index contributed by atoms with van der Waals surface area (Å²) in [5.74, 6) is -0.634. The summed E-state index contributed by atoms with van der Waals surface area (Å²) in [5, 5.41) is 8.64. The standard InChI is InChI=1S/C11H18N2O3/c14-10(12-5-1-6-12)8-13(9-2-3-9)7-4-11(15)16/h9H,1-8H2,(H,15,16). The average molecular weight is 226 g/mol. The van der Waals surface area contributed by atoms with Crippen molar-refractivity contribution < 1.29 is 14.7 Å². The Kier molecular flexibility index (Phi) is 3.43. The fraction of sp³-hybridized carbons (Fsp3) is 0.818. The first kappa shape index (κ1) is 11.4. The lowest BCUT2D eigenvalue weighted by Gasteiger charge is -2.33. The van der Waals surface area contributed by atoms with Gasteiger partial charge in [0.25, 0.3) is 0 Å². The zero-order chi connectivity index (χ0) is 11.5. The van der Waals surface area contributed by atoms with Crippen LogP contribution >= 0.6 is 0 Å². The van der Waals surface area contributed by atoms with Crippen molar-refractivity contribution in [1.29, 1.82) is 0 Å². The van der Waals surface area contributed by atoms with E-state index in [2.05, 4.69) is 0 Å². The molecule has 5 heteroatoms. The van der Waals surface area contributed by atoms with Crippen molar-refractivity contribution in [3.63, 3.8) is 0 Å². The van der Waals surface area contributed by atoms with Crippen LogP contribution in [0.15, 0.2) is 0 Å². The lowest BCUT2D eigenvalue weighted by atomic mass is 10.2. The van der Waals surface area contributed by atoms with Gasteiger partial charge in [0, 0.05) is 25.7 Å². The van der Waals surface area contributed by atoms with Crippen molar-refractivity contribution in [1.82, 2.24) is 9.80 Å². The number of carbonyl (C=O) groups is 2. The molecule has 0 unspecified atom stereocenters. The maximum Gasteiger partial charge on any atom is 0.304 e. The summed E-state index contributed by atoms with van der Waals surface area (Å²) < 4.78 is 0. The molecule has 0 aromatic heterocycles. The fourth-order valence-electron chi connectivity index (χ4n) is 1.91. The van der Waals surface area contributed by atoms with E-state index < -0.39 is 5.97 Å². The van der Waals surface area contributed by atoms with Crippen LogP contribution < -0.4 is 0 Å². The van der Waals surface area contributed by atoms with Crippen LogP contribution in [0.3, 0.4) is 0 Å². The number of hydrogen-bond acceptors (Lipinski definition) is 3. The number of nitrogens with zero attached hydrogens (tertiary/aromatic N) is 2. The van der Waals surface area contributed by atoms with Gasteiger partial charge in [-0.25, -0.2) is 0 Å². The largest absolute Gasteiger partial charge is 0.481 e.